The van der Waals surface area contributed by atoms with E-state index in [1.54, 1.807) is 6.08 Å². The molecule has 0 fully saturated rings. The highest BCUT2D eigenvalue weighted by atomic mass is 79.9. The molecule has 5 nitrogen and oxygen atoms in total. The number of aromatic nitrogens is 3. The highest BCUT2D eigenvalue weighted by Gasteiger charge is 2.12. The Bertz CT molecular complexity index is 1110. The van der Waals surface area contributed by atoms with Gasteiger partial charge in [-0.1, -0.05) is 39.4 Å². The average molecular weight is 388 g/mol. The molecule has 4 aromatic rings. The SMILES string of the molecule is Cc1ccc(C=c2sc3nc(-c4ccc(Br)cc4)nn3c2=O)o1. The highest BCUT2D eigenvalue weighted by molar-refractivity contribution is 9.10. The lowest BCUT2D eigenvalue weighted by Gasteiger charge is -1.94. The van der Waals surface area contributed by atoms with Crippen LogP contribution in [-0.4, -0.2) is 14.6 Å². The Morgan fingerprint density at radius 3 is 2.65 bits per heavy atom. The number of thiazole rings is 1. The summed E-state index contributed by atoms with van der Waals surface area (Å²) in [6.07, 6.45) is 1.72. The van der Waals surface area contributed by atoms with Gasteiger partial charge in [0.15, 0.2) is 5.82 Å². The molecule has 0 spiro atoms. The number of hydrogen-bond acceptors (Lipinski definition) is 5. The molecule has 0 atom stereocenters. The van der Waals surface area contributed by atoms with Crippen molar-refractivity contribution in [3.8, 4) is 11.4 Å². The third-order valence-corrected chi connectivity index (χ3v) is 4.81. The topological polar surface area (TPSA) is 60.4 Å². The third kappa shape index (κ3) is 2.62. The molecule has 0 aliphatic rings. The number of rotatable bonds is 2. The molecule has 23 heavy (non-hydrogen) atoms. The fourth-order valence-corrected chi connectivity index (χ4v) is 3.37. The van der Waals surface area contributed by atoms with Gasteiger partial charge in [-0.25, -0.2) is 0 Å². The minimum atomic E-state index is -0.185. The summed E-state index contributed by atoms with van der Waals surface area (Å²) in [5.74, 6) is 2.00. The average Bonchev–Trinajstić information content (AvgIpc) is 3.19. The van der Waals surface area contributed by atoms with Crippen molar-refractivity contribution in [3.63, 3.8) is 0 Å². The molecule has 7 heteroatoms. The summed E-state index contributed by atoms with van der Waals surface area (Å²) in [6, 6.07) is 11.3. The number of fused-ring (bicyclic) bond motifs is 1. The molecule has 0 saturated carbocycles. The van der Waals surface area contributed by atoms with Crippen LogP contribution in [-0.2, 0) is 0 Å². The molecule has 1 aromatic carbocycles. The van der Waals surface area contributed by atoms with Crippen LogP contribution in [0.25, 0.3) is 22.4 Å². The Hall–Kier alpha value is -2.25. The van der Waals surface area contributed by atoms with E-state index >= 15 is 0 Å². The smallest absolute Gasteiger partial charge is 0.291 e. The Kier molecular flexibility index (Phi) is 3.39. The van der Waals surface area contributed by atoms with E-state index in [0.717, 1.165) is 15.8 Å². The monoisotopic (exact) mass is 387 g/mol. The van der Waals surface area contributed by atoms with Crippen LogP contribution in [0, 0.1) is 6.92 Å². The second-order valence-electron chi connectivity index (χ2n) is 5.00. The van der Waals surface area contributed by atoms with Crippen molar-refractivity contribution in [1.82, 2.24) is 14.6 Å². The zero-order valence-corrected chi connectivity index (χ0v) is 14.4. The Morgan fingerprint density at radius 1 is 1.22 bits per heavy atom. The standard InChI is InChI=1S/C16H10BrN3O2S/c1-9-2-7-12(22-9)8-13-15(21)20-16(23-13)18-14(19-20)10-3-5-11(17)6-4-10/h2-8H,1H3. The second kappa shape index (κ2) is 5.43. The quantitative estimate of drug-likeness (QED) is 0.530. The zero-order valence-electron chi connectivity index (χ0n) is 12.0. The number of hydrogen-bond donors (Lipinski definition) is 0. The van der Waals surface area contributed by atoms with Crippen molar-refractivity contribution in [2.75, 3.05) is 0 Å². The van der Waals surface area contributed by atoms with Crippen molar-refractivity contribution in [2.45, 2.75) is 6.92 Å². The highest BCUT2D eigenvalue weighted by Crippen LogP contribution is 2.19. The van der Waals surface area contributed by atoms with Gasteiger partial charge in [0, 0.05) is 16.1 Å². The number of furan rings is 1. The maximum absolute atomic E-state index is 12.4. The van der Waals surface area contributed by atoms with Gasteiger partial charge in [0.25, 0.3) is 5.56 Å². The van der Waals surface area contributed by atoms with Crippen molar-refractivity contribution in [1.29, 1.82) is 0 Å². The van der Waals surface area contributed by atoms with Crippen molar-refractivity contribution < 1.29 is 4.42 Å². The summed E-state index contributed by atoms with van der Waals surface area (Å²) >= 11 is 4.69. The molecule has 0 aliphatic heterocycles. The van der Waals surface area contributed by atoms with Gasteiger partial charge in [-0.2, -0.15) is 9.50 Å². The lowest BCUT2D eigenvalue weighted by Crippen LogP contribution is -2.23. The largest absolute Gasteiger partial charge is 0.462 e. The first-order chi connectivity index (χ1) is 11.1. The second-order valence-corrected chi connectivity index (χ2v) is 6.93. The normalized spacial score (nSPS) is 12.3. The van der Waals surface area contributed by atoms with E-state index in [-0.39, 0.29) is 5.56 Å². The van der Waals surface area contributed by atoms with E-state index in [9.17, 15) is 4.79 Å². The summed E-state index contributed by atoms with van der Waals surface area (Å²) in [5, 5.41) is 4.32. The van der Waals surface area contributed by atoms with Gasteiger partial charge in [0.2, 0.25) is 4.96 Å². The zero-order chi connectivity index (χ0) is 16.0. The van der Waals surface area contributed by atoms with Crippen LogP contribution in [0.2, 0.25) is 0 Å². The van der Waals surface area contributed by atoms with Crippen LogP contribution in [0.1, 0.15) is 11.5 Å². The van der Waals surface area contributed by atoms with E-state index in [0.29, 0.717) is 21.1 Å². The van der Waals surface area contributed by atoms with Gasteiger partial charge < -0.3 is 4.42 Å². The first-order valence-electron chi connectivity index (χ1n) is 6.84. The first-order valence-corrected chi connectivity index (χ1v) is 8.45. The van der Waals surface area contributed by atoms with E-state index in [4.69, 9.17) is 4.42 Å². The summed E-state index contributed by atoms with van der Waals surface area (Å²) in [5.41, 5.74) is 0.686. The number of aryl methyl sites for hydroxylation is 1. The lowest BCUT2D eigenvalue weighted by atomic mass is 10.2. The van der Waals surface area contributed by atoms with Crippen LogP contribution in [0.5, 0.6) is 0 Å². The maximum atomic E-state index is 12.4. The Balaban J connectivity index is 1.82. The minimum absolute atomic E-state index is 0.185. The molecule has 0 N–H and O–H groups in total. The number of halogens is 1. The molecule has 3 aromatic heterocycles. The van der Waals surface area contributed by atoms with Crippen LogP contribution in [0.3, 0.4) is 0 Å². The number of nitrogens with zero attached hydrogens (tertiary/aromatic N) is 3. The van der Waals surface area contributed by atoms with E-state index in [1.807, 2.05) is 43.3 Å². The van der Waals surface area contributed by atoms with E-state index in [1.165, 1.54) is 15.9 Å². The van der Waals surface area contributed by atoms with Gasteiger partial charge in [0.1, 0.15) is 16.1 Å². The van der Waals surface area contributed by atoms with Crippen molar-refractivity contribution in [2.24, 2.45) is 0 Å². The summed E-state index contributed by atoms with van der Waals surface area (Å²) in [4.78, 5) is 17.4. The third-order valence-electron chi connectivity index (χ3n) is 3.32. The number of benzene rings is 1. The Morgan fingerprint density at radius 2 is 2.00 bits per heavy atom. The summed E-state index contributed by atoms with van der Waals surface area (Å²) in [7, 11) is 0. The predicted octanol–water partition coefficient (Wildman–Crippen LogP) is 3.03. The molecule has 0 saturated heterocycles. The van der Waals surface area contributed by atoms with Gasteiger partial charge in [0.05, 0.1) is 0 Å². The molecule has 0 unspecified atom stereocenters. The lowest BCUT2D eigenvalue weighted by molar-refractivity contribution is 0.525. The van der Waals surface area contributed by atoms with Gasteiger partial charge in [-0.15, -0.1) is 5.10 Å². The summed E-state index contributed by atoms with van der Waals surface area (Å²) in [6.45, 7) is 1.86. The van der Waals surface area contributed by atoms with Crippen LogP contribution in [0.15, 0.2) is 50.1 Å². The van der Waals surface area contributed by atoms with Crippen molar-refractivity contribution in [3.05, 3.63) is 67.3 Å². The molecular weight excluding hydrogens is 378 g/mol. The van der Waals surface area contributed by atoms with E-state index in [2.05, 4.69) is 26.0 Å². The fourth-order valence-electron chi connectivity index (χ4n) is 2.22. The molecular formula is C16H10BrN3O2S. The Labute approximate surface area is 143 Å². The van der Waals surface area contributed by atoms with Crippen LogP contribution >= 0.6 is 27.3 Å². The van der Waals surface area contributed by atoms with E-state index < -0.39 is 0 Å². The van der Waals surface area contributed by atoms with Gasteiger partial charge >= 0.3 is 0 Å². The maximum Gasteiger partial charge on any atom is 0.291 e. The first kappa shape index (κ1) is 14.3. The fraction of sp³-hybridized carbons (Fsp3) is 0.0625. The molecule has 0 bridgehead atoms. The minimum Gasteiger partial charge on any atom is -0.462 e. The predicted molar refractivity (Wildman–Crippen MR) is 92.5 cm³/mol. The van der Waals surface area contributed by atoms with Crippen molar-refractivity contribution >= 4 is 38.3 Å². The van der Waals surface area contributed by atoms with Crippen LogP contribution < -0.4 is 10.1 Å². The molecule has 3 heterocycles. The molecule has 0 aliphatic carbocycles. The van der Waals surface area contributed by atoms with Crippen LogP contribution in [0.4, 0.5) is 0 Å². The molecule has 114 valence electrons. The molecule has 4 rings (SSSR count). The molecule has 0 radical (unpaired) electrons. The summed E-state index contributed by atoms with van der Waals surface area (Å²) < 4.78 is 8.35. The van der Waals surface area contributed by atoms with Gasteiger partial charge in [-0.05, 0) is 31.2 Å². The molecule has 0 amide bonds. The van der Waals surface area contributed by atoms with Gasteiger partial charge in [-0.3, -0.25) is 4.79 Å².